The van der Waals surface area contributed by atoms with Gasteiger partial charge in [-0.25, -0.2) is 0 Å². The number of ether oxygens (including phenoxy) is 1. The summed E-state index contributed by atoms with van der Waals surface area (Å²) >= 11 is 0. The van der Waals surface area contributed by atoms with E-state index in [2.05, 4.69) is 16.1 Å². The molecule has 1 atom stereocenters. The maximum absolute atomic E-state index is 11.9. The van der Waals surface area contributed by atoms with E-state index in [-0.39, 0.29) is 12.5 Å². The third-order valence-corrected chi connectivity index (χ3v) is 2.56. The van der Waals surface area contributed by atoms with Crippen molar-refractivity contribution in [1.29, 1.82) is 5.26 Å². The fourth-order valence-electron chi connectivity index (χ4n) is 1.70. The van der Waals surface area contributed by atoms with Gasteiger partial charge in [0.05, 0.1) is 12.7 Å². The van der Waals surface area contributed by atoms with E-state index in [4.69, 9.17) is 5.26 Å². The zero-order valence-corrected chi connectivity index (χ0v) is 9.10. The largest absolute Gasteiger partial charge is 0.411 e. The predicted molar refractivity (Wildman–Crippen MR) is 51.6 cm³/mol. The van der Waals surface area contributed by atoms with Crippen molar-refractivity contribution in [2.75, 3.05) is 19.8 Å². The number of nitrogens with one attached hydrogen (secondary N) is 1. The Bertz CT molecular complexity index is 270. The van der Waals surface area contributed by atoms with Gasteiger partial charge in [0.25, 0.3) is 0 Å². The van der Waals surface area contributed by atoms with E-state index >= 15 is 0 Å². The molecule has 1 N–H and O–H groups in total. The monoisotopic (exact) mass is 236 g/mol. The molecule has 1 aliphatic rings. The summed E-state index contributed by atoms with van der Waals surface area (Å²) in [6, 6.07) is 2.06. The van der Waals surface area contributed by atoms with Crippen molar-refractivity contribution in [2.24, 2.45) is 5.92 Å². The molecule has 0 aliphatic heterocycles. The van der Waals surface area contributed by atoms with Crippen LogP contribution in [0.25, 0.3) is 0 Å². The molecule has 0 aromatic carbocycles. The van der Waals surface area contributed by atoms with Crippen molar-refractivity contribution >= 4 is 0 Å². The summed E-state index contributed by atoms with van der Waals surface area (Å²) in [5.41, 5.74) is -0.944. The molecule has 0 aromatic rings. The quantitative estimate of drug-likeness (QED) is 0.765. The van der Waals surface area contributed by atoms with Crippen LogP contribution < -0.4 is 5.32 Å². The molecule has 0 aromatic heterocycles. The maximum Gasteiger partial charge on any atom is 0.411 e. The summed E-state index contributed by atoms with van der Waals surface area (Å²) in [5.74, 6) is 0.116. The summed E-state index contributed by atoms with van der Waals surface area (Å²) in [5, 5.41) is 12.0. The molecule has 0 radical (unpaired) electrons. The Morgan fingerprint density at radius 2 is 2.00 bits per heavy atom. The van der Waals surface area contributed by atoms with Crippen molar-refractivity contribution in [3.8, 4) is 6.07 Å². The van der Waals surface area contributed by atoms with Crippen LogP contribution in [0.4, 0.5) is 13.2 Å². The molecule has 1 rings (SSSR count). The Hall–Kier alpha value is -0.800. The molecule has 16 heavy (non-hydrogen) atoms. The van der Waals surface area contributed by atoms with Gasteiger partial charge in [0, 0.05) is 0 Å². The zero-order chi connectivity index (χ0) is 12.2. The van der Waals surface area contributed by atoms with Crippen LogP contribution in [0.2, 0.25) is 0 Å². The van der Waals surface area contributed by atoms with Gasteiger partial charge in [-0.15, -0.1) is 0 Å². The lowest BCUT2D eigenvalue weighted by atomic mass is 9.96. The second-order valence-corrected chi connectivity index (χ2v) is 4.00. The first-order chi connectivity index (χ1) is 7.43. The summed E-state index contributed by atoms with van der Waals surface area (Å²) < 4.78 is 40.3. The molecule has 92 valence electrons. The van der Waals surface area contributed by atoms with Crippen LogP contribution in [0.15, 0.2) is 0 Å². The molecule has 6 heteroatoms. The fourth-order valence-corrected chi connectivity index (χ4v) is 1.70. The normalized spacial score (nSPS) is 20.2. The van der Waals surface area contributed by atoms with E-state index in [1.165, 1.54) is 0 Å². The first-order valence-electron chi connectivity index (χ1n) is 5.24. The van der Waals surface area contributed by atoms with Crippen LogP contribution in [0.3, 0.4) is 0 Å². The minimum absolute atomic E-state index is 0.116. The van der Waals surface area contributed by atoms with Crippen LogP contribution >= 0.6 is 0 Å². The SMILES string of the molecule is CCNC(C#N)(COCC(F)(F)F)C1CC1. The van der Waals surface area contributed by atoms with Crippen molar-refractivity contribution in [3.63, 3.8) is 0 Å². The van der Waals surface area contributed by atoms with Crippen molar-refractivity contribution in [2.45, 2.75) is 31.5 Å². The number of hydrogen-bond donors (Lipinski definition) is 1. The summed E-state index contributed by atoms with van der Waals surface area (Å²) in [4.78, 5) is 0. The second kappa shape index (κ2) is 5.02. The molecule has 1 aliphatic carbocycles. The number of hydrogen-bond acceptors (Lipinski definition) is 3. The number of nitrogens with zero attached hydrogens (tertiary/aromatic N) is 1. The first kappa shape index (κ1) is 13.3. The molecular weight excluding hydrogens is 221 g/mol. The molecule has 3 nitrogen and oxygen atoms in total. The summed E-state index contributed by atoms with van der Waals surface area (Å²) in [6.07, 6.45) is -2.59. The molecule has 0 saturated heterocycles. The van der Waals surface area contributed by atoms with Crippen LogP contribution in [0.5, 0.6) is 0 Å². The highest BCUT2D eigenvalue weighted by Crippen LogP contribution is 2.39. The highest BCUT2D eigenvalue weighted by atomic mass is 19.4. The molecule has 1 saturated carbocycles. The smallest absolute Gasteiger partial charge is 0.369 e. The number of nitriles is 1. The minimum atomic E-state index is -4.34. The molecule has 1 fully saturated rings. The lowest BCUT2D eigenvalue weighted by Crippen LogP contribution is -2.50. The van der Waals surface area contributed by atoms with E-state index in [0.29, 0.717) is 6.54 Å². The lowest BCUT2D eigenvalue weighted by molar-refractivity contribution is -0.177. The highest BCUT2D eigenvalue weighted by Gasteiger charge is 2.46. The molecule has 0 heterocycles. The van der Waals surface area contributed by atoms with Gasteiger partial charge < -0.3 is 4.74 Å². The second-order valence-electron chi connectivity index (χ2n) is 4.00. The third-order valence-electron chi connectivity index (χ3n) is 2.56. The Labute approximate surface area is 92.6 Å². The van der Waals surface area contributed by atoms with Gasteiger partial charge in [-0.2, -0.15) is 18.4 Å². The molecule has 0 bridgehead atoms. The van der Waals surface area contributed by atoms with E-state index in [1.54, 1.807) is 0 Å². The Morgan fingerprint density at radius 1 is 1.38 bits per heavy atom. The van der Waals surface area contributed by atoms with Crippen LogP contribution in [0, 0.1) is 17.2 Å². The molecule has 1 unspecified atom stereocenters. The standard InChI is InChI=1S/C10H15F3N2O/c1-2-15-9(5-14,8-3-4-8)6-16-7-10(11,12)13/h8,15H,2-4,6-7H2,1H3. The van der Waals surface area contributed by atoms with Crippen LogP contribution in [0.1, 0.15) is 19.8 Å². The number of likely N-dealkylation sites (N-methyl/N-ethyl adjacent to an activating group) is 1. The average Bonchev–Trinajstić information content (AvgIpc) is 2.98. The summed E-state index contributed by atoms with van der Waals surface area (Å²) in [6.45, 7) is 0.855. The van der Waals surface area contributed by atoms with Gasteiger partial charge in [0.1, 0.15) is 12.1 Å². The van der Waals surface area contributed by atoms with Crippen molar-refractivity contribution in [1.82, 2.24) is 5.32 Å². The Balaban J connectivity index is 2.48. The number of alkyl halides is 3. The van der Waals surface area contributed by atoms with E-state index in [9.17, 15) is 13.2 Å². The zero-order valence-electron chi connectivity index (χ0n) is 9.10. The number of halogens is 3. The maximum atomic E-state index is 11.9. The molecule has 0 spiro atoms. The average molecular weight is 236 g/mol. The van der Waals surface area contributed by atoms with E-state index in [0.717, 1.165) is 12.8 Å². The Morgan fingerprint density at radius 3 is 2.38 bits per heavy atom. The topological polar surface area (TPSA) is 45.0 Å². The molecular formula is C10H15F3N2O. The highest BCUT2D eigenvalue weighted by molar-refractivity contribution is 5.15. The van der Waals surface area contributed by atoms with Gasteiger partial charge in [-0.1, -0.05) is 6.92 Å². The minimum Gasteiger partial charge on any atom is -0.369 e. The van der Waals surface area contributed by atoms with Crippen LogP contribution in [-0.2, 0) is 4.74 Å². The summed E-state index contributed by atoms with van der Waals surface area (Å²) in [7, 11) is 0. The number of rotatable bonds is 6. The van der Waals surface area contributed by atoms with E-state index in [1.807, 2.05) is 6.92 Å². The fraction of sp³-hybridized carbons (Fsp3) is 0.900. The third kappa shape index (κ3) is 3.65. The van der Waals surface area contributed by atoms with Gasteiger partial charge in [0.2, 0.25) is 0 Å². The molecule has 0 amide bonds. The lowest BCUT2D eigenvalue weighted by Gasteiger charge is -2.27. The van der Waals surface area contributed by atoms with Gasteiger partial charge in [-0.3, -0.25) is 5.32 Å². The predicted octanol–water partition coefficient (Wildman–Crippen LogP) is 1.85. The first-order valence-corrected chi connectivity index (χ1v) is 5.24. The Kier molecular flexibility index (Phi) is 4.16. The van der Waals surface area contributed by atoms with Crippen molar-refractivity contribution < 1.29 is 17.9 Å². The van der Waals surface area contributed by atoms with Gasteiger partial charge >= 0.3 is 6.18 Å². The van der Waals surface area contributed by atoms with Crippen LogP contribution in [-0.4, -0.2) is 31.5 Å². The van der Waals surface area contributed by atoms with Gasteiger partial charge in [-0.05, 0) is 25.3 Å². The van der Waals surface area contributed by atoms with Gasteiger partial charge in [0.15, 0.2) is 0 Å². The van der Waals surface area contributed by atoms with Crippen molar-refractivity contribution in [3.05, 3.63) is 0 Å². The van der Waals surface area contributed by atoms with E-state index < -0.39 is 18.3 Å².